The number of hydrogen-bond acceptors (Lipinski definition) is 4. The average molecular weight is 290 g/mol. The van der Waals surface area contributed by atoms with E-state index in [0.29, 0.717) is 24.1 Å². The number of nitrogens with zero attached hydrogens (tertiary/aromatic N) is 1. The molecule has 4 nitrogen and oxygen atoms in total. The average Bonchev–Trinajstić information content (AvgIpc) is 2.51. The van der Waals surface area contributed by atoms with Crippen LogP contribution >= 0.6 is 0 Å². The Morgan fingerprint density at radius 1 is 1.29 bits per heavy atom. The van der Waals surface area contributed by atoms with Gasteiger partial charge in [-0.05, 0) is 69.3 Å². The molecule has 116 valence electrons. The number of rotatable bonds is 5. The summed E-state index contributed by atoms with van der Waals surface area (Å²) in [6, 6.07) is 4.81. The number of ether oxygens (including phenoxy) is 2. The van der Waals surface area contributed by atoms with E-state index in [-0.39, 0.29) is 0 Å². The van der Waals surface area contributed by atoms with Crippen molar-refractivity contribution in [1.82, 2.24) is 4.90 Å². The Kier molecular flexibility index (Phi) is 4.24. The van der Waals surface area contributed by atoms with Crippen molar-refractivity contribution in [3.05, 3.63) is 17.7 Å². The van der Waals surface area contributed by atoms with Crippen LogP contribution in [0.2, 0.25) is 0 Å². The number of anilines is 1. The second-order valence-electron chi connectivity index (χ2n) is 6.22. The zero-order valence-electron chi connectivity index (χ0n) is 13.1. The highest BCUT2D eigenvalue weighted by molar-refractivity contribution is 5.62. The highest BCUT2D eigenvalue weighted by Crippen LogP contribution is 2.37. The van der Waals surface area contributed by atoms with Crippen LogP contribution in [0.4, 0.5) is 5.69 Å². The molecule has 0 saturated carbocycles. The Morgan fingerprint density at radius 3 is 2.62 bits per heavy atom. The van der Waals surface area contributed by atoms with Crippen molar-refractivity contribution in [3.8, 4) is 11.5 Å². The Labute approximate surface area is 127 Å². The van der Waals surface area contributed by atoms with Crippen LogP contribution in [0.5, 0.6) is 11.5 Å². The fourth-order valence-electron chi connectivity index (χ4n) is 3.82. The molecule has 3 heterocycles. The second kappa shape index (κ2) is 6.14. The minimum atomic E-state index is 0.595. The van der Waals surface area contributed by atoms with Crippen molar-refractivity contribution in [2.45, 2.75) is 38.6 Å². The third-order valence-electron chi connectivity index (χ3n) is 4.89. The van der Waals surface area contributed by atoms with Crippen LogP contribution < -0.4 is 15.2 Å². The number of nitrogen functional groups attached to an aromatic ring is 1. The van der Waals surface area contributed by atoms with E-state index in [1.165, 1.54) is 37.9 Å². The molecule has 4 rings (SSSR count). The summed E-state index contributed by atoms with van der Waals surface area (Å²) >= 11 is 0. The molecule has 1 atom stereocenters. The molecule has 1 aromatic rings. The van der Waals surface area contributed by atoms with Gasteiger partial charge in [0.15, 0.2) is 11.5 Å². The van der Waals surface area contributed by atoms with Crippen molar-refractivity contribution in [1.29, 1.82) is 0 Å². The number of hydrogen-bond donors (Lipinski definition) is 1. The minimum absolute atomic E-state index is 0.595. The van der Waals surface area contributed by atoms with Crippen LogP contribution in [0.3, 0.4) is 0 Å². The van der Waals surface area contributed by atoms with Gasteiger partial charge in [0.2, 0.25) is 0 Å². The van der Waals surface area contributed by atoms with Crippen molar-refractivity contribution in [3.63, 3.8) is 0 Å². The van der Waals surface area contributed by atoms with E-state index < -0.39 is 0 Å². The first-order chi connectivity index (χ1) is 10.2. The summed E-state index contributed by atoms with van der Waals surface area (Å²) in [6.45, 7) is 5.08. The molecule has 21 heavy (non-hydrogen) atoms. The first-order valence-corrected chi connectivity index (χ1v) is 8.04. The maximum Gasteiger partial charge on any atom is 0.184 e. The first-order valence-electron chi connectivity index (χ1n) is 8.04. The summed E-state index contributed by atoms with van der Waals surface area (Å²) in [6.07, 6.45) is 5.15. The van der Waals surface area contributed by atoms with E-state index in [1.54, 1.807) is 7.11 Å². The number of methoxy groups -OCH3 is 1. The van der Waals surface area contributed by atoms with E-state index >= 15 is 0 Å². The summed E-state index contributed by atoms with van der Waals surface area (Å²) in [5.74, 6) is 2.36. The lowest BCUT2D eigenvalue weighted by Gasteiger charge is -2.45. The fraction of sp³-hybridized carbons (Fsp3) is 0.647. The van der Waals surface area contributed by atoms with E-state index in [4.69, 9.17) is 15.2 Å². The van der Waals surface area contributed by atoms with Crippen molar-refractivity contribution >= 4 is 5.69 Å². The van der Waals surface area contributed by atoms with Crippen LogP contribution in [0.15, 0.2) is 12.1 Å². The molecular formula is C17H26N2O2. The summed E-state index contributed by atoms with van der Waals surface area (Å²) in [5, 5.41) is 0. The quantitative estimate of drug-likeness (QED) is 0.847. The van der Waals surface area contributed by atoms with Gasteiger partial charge in [0, 0.05) is 6.04 Å². The topological polar surface area (TPSA) is 47.7 Å². The summed E-state index contributed by atoms with van der Waals surface area (Å²) < 4.78 is 11.0. The summed E-state index contributed by atoms with van der Waals surface area (Å²) in [5.41, 5.74) is 8.08. The fourth-order valence-corrected chi connectivity index (χ4v) is 3.82. The first kappa shape index (κ1) is 14.5. The zero-order chi connectivity index (χ0) is 14.8. The summed E-state index contributed by atoms with van der Waals surface area (Å²) in [7, 11) is 1.67. The van der Waals surface area contributed by atoms with Gasteiger partial charge in [-0.1, -0.05) is 0 Å². The third kappa shape index (κ3) is 2.95. The van der Waals surface area contributed by atoms with Gasteiger partial charge in [-0.25, -0.2) is 0 Å². The Morgan fingerprint density at radius 2 is 2.05 bits per heavy atom. The molecule has 3 saturated heterocycles. The van der Waals surface area contributed by atoms with Crippen LogP contribution in [0.1, 0.15) is 31.7 Å². The molecule has 0 aromatic heterocycles. The molecule has 2 bridgehead atoms. The second-order valence-corrected chi connectivity index (χ2v) is 6.22. The normalized spacial score (nSPS) is 27.6. The van der Waals surface area contributed by atoms with Crippen molar-refractivity contribution < 1.29 is 9.47 Å². The maximum absolute atomic E-state index is 6.15. The SMILES string of the molecule is CCOc1c(N)cc(CC2CC3CCN2CC3)cc1OC. The molecule has 2 N–H and O–H groups in total. The molecule has 4 heteroatoms. The van der Waals surface area contributed by atoms with Crippen molar-refractivity contribution in [2.75, 3.05) is 32.5 Å². The van der Waals surface area contributed by atoms with Gasteiger partial charge in [0.1, 0.15) is 0 Å². The van der Waals surface area contributed by atoms with E-state index in [9.17, 15) is 0 Å². The number of fused-ring (bicyclic) bond motifs is 3. The largest absolute Gasteiger partial charge is 0.493 e. The Hall–Kier alpha value is -1.42. The van der Waals surface area contributed by atoms with E-state index in [0.717, 1.165) is 18.1 Å². The lowest BCUT2D eigenvalue weighted by atomic mass is 9.81. The highest BCUT2D eigenvalue weighted by atomic mass is 16.5. The van der Waals surface area contributed by atoms with Gasteiger partial charge in [0.25, 0.3) is 0 Å². The molecule has 0 radical (unpaired) electrons. The van der Waals surface area contributed by atoms with Gasteiger partial charge in [0.05, 0.1) is 19.4 Å². The summed E-state index contributed by atoms with van der Waals surface area (Å²) in [4.78, 5) is 2.64. The molecule has 3 aliphatic rings. The monoisotopic (exact) mass is 290 g/mol. The third-order valence-corrected chi connectivity index (χ3v) is 4.89. The number of piperidine rings is 3. The molecule has 1 unspecified atom stereocenters. The highest BCUT2D eigenvalue weighted by Gasteiger charge is 2.33. The van der Waals surface area contributed by atoms with Crippen LogP contribution in [0, 0.1) is 5.92 Å². The molecule has 3 aliphatic heterocycles. The lowest BCUT2D eigenvalue weighted by Crippen LogP contribution is -2.49. The molecule has 3 fully saturated rings. The van der Waals surface area contributed by atoms with Crippen molar-refractivity contribution in [2.24, 2.45) is 5.92 Å². The Bertz CT molecular complexity index is 496. The number of benzene rings is 1. The smallest absolute Gasteiger partial charge is 0.184 e. The lowest BCUT2D eigenvalue weighted by molar-refractivity contribution is 0.0498. The van der Waals surface area contributed by atoms with Crippen LogP contribution in [-0.4, -0.2) is 37.7 Å². The van der Waals surface area contributed by atoms with Gasteiger partial charge in [-0.15, -0.1) is 0 Å². The predicted octanol–water partition coefficient (Wildman–Crippen LogP) is 2.70. The standard InChI is InChI=1S/C17H26N2O2/c1-3-21-17-15(18)10-13(11-16(17)20-2)9-14-8-12-4-6-19(14)7-5-12/h10-12,14H,3-9,18H2,1-2H3. The molecule has 0 spiro atoms. The van der Waals surface area contributed by atoms with E-state index in [1.807, 2.05) is 6.92 Å². The van der Waals surface area contributed by atoms with Crippen LogP contribution in [0.25, 0.3) is 0 Å². The van der Waals surface area contributed by atoms with Crippen LogP contribution in [-0.2, 0) is 6.42 Å². The molecule has 0 aliphatic carbocycles. The van der Waals surface area contributed by atoms with Gasteiger partial charge in [-0.2, -0.15) is 0 Å². The molecule has 0 amide bonds. The van der Waals surface area contributed by atoms with Gasteiger partial charge in [-0.3, -0.25) is 0 Å². The maximum atomic E-state index is 6.15. The zero-order valence-corrected chi connectivity index (χ0v) is 13.1. The molecule has 1 aromatic carbocycles. The van der Waals surface area contributed by atoms with Gasteiger partial charge >= 0.3 is 0 Å². The predicted molar refractivity (Wildman–Crippen MR) is 85.0 cm³/mol. The van der Waals surface area contributed by atoms with Gasteiger partial charge < -0.3 is 20.1 Å². The van der Waals surface area contributed by atoms with E-state index in [2.05, 4.69) is 17.0 Å². The Balaban J connectivity index is 1.78. The minimum Gasteiger partial charge on any atom is -0.493 e. The number of nitrogens with two attached hydrogens (primary N) is 1. The molecular weight excluding hydrogens is 264 g/mol.